The molecule has 5 nitrogen and oxygen atoms in total. The number of ether oxygens (including phenoxy) is 3. The van der Waals surface area contributed by atoms with E-state index >= 15 is 0 Å². The number of rotatable bonds is 8. The van der Waals surface area contributed by atoms with Gasteiger partial charge in [-0.05, 0) is 92.6 Å². The van der Waals surface area contributed by atoms with Crippen LogP contribution in [0.25, 0.3) is 0 Å². The van der Waals surface area contributed by atoms with Crippen molar-refractivity contribution in [2.24, 2.45) is 0 Å². The van der Waals surface area contributed by atoms with E-state index in [-0.39, 0.29) is 12.5 Å². The van der Waals surface area contributed by atoms with Gasteiger partial charge in [0.25, 0.3) is 5.91 Å². The van der Waals surface area contributed by atoms with E-state index in [1.54, 1.807) is 24.3 Å². The molecule has 0 radical (unpaired) electrons. The minimum Gasteiger partial charge on any atom is -0.494 e. The van der Waals surface area contributed by atoms with Crippen molar-refractivity contribution >= 4 is 11.6 Å². The fourth-order valence-electron chi connectivity index (χ4n) is 2.88. The molecule has 1 N–H and O–H groups in total. The minimum absolute atomic E-state index is 0.0789. The van der Waals surface area contributed by atoms with E-state index in [2.05, 4.69) is 11.4 Å². The van der Waals surface area contributed by atoms with Gasteiger partial charge in [0, 0.05) is 5.69 Å². The third kappa shape index (κ3) is 6.28. The normalized spacial score (nSPS) is 10.3. The van der Waals surface area contributed by atoms with E-state index in [9.17, 15) is 4.79 Å². The number of nitrogens with one attached hydrogen (secondary N) is 1. The van der Waals surface area contributed by atoms with Crippen molar-refractivity contribution < 1.29 is 19.0 Å². The molecule has 3 aromatic rings. The van der Waals surface area contributed by atoms with E-state index in [0.717, 1.165) is 22.6 Å². The zero-order chi connectivity index (χ0) is 20.6. The molecule has 3 rings (SSSR count). The van der Waals surface area contributed by atoms with Crippen LogP contribution in [0, 0.1) is 13.8 Å². The van der Waals surface area contributed by atoms with Crippen molar-refractivity contribution in [1.29, 1.82) is 0 Å². The predicted molar refractivity (Wildman–Crippen MR) is 114 cm³/mol. The van der Waals surface area contributed by atoms with Crippen molar-refractivity contribution in [3.63, 3.8) is 0 Å². The van der Waals surface area contributed by atoms with Crippen LogP contribution in [-0.4, -0.2) is 19.1 Å². The molecule has 0 aliphatic heterocycles. The molecular formula is C24H25NO4. The summed E-state index contributed by atoms with van der Waals surface area (Å²) in [6, 6.07) is 20.5. The molecule has 5 heteroatoms. The first-order valence-electron chi connectivity index (χ1n) is 9.53. The molecule has 0 unspecified atom stereocenters. The van der Waals surface area contributed by atoms with Crippen molar-refractivity contribution in [3.05, 3.63) is 77.9 Å². The number of carbonyl (C=O) groups excluding carboxylic acids is 1. The average molecular weight is 391 g/mol. The van der Waals surface area contributed by atoms with Gasteiger partial charge >= 0.3 is 0 Å². The highest BCUT2D eigenvalue weighted by Crippen LogP contribution is 2.25. The van der Waals surface area contributed by atoms with Gasteiger partial charge in [0.05, 0.1) is 6.61 Å². The number of amides is 1. The Labute approximate surface area is 171 Å². The zero-order valence-corrected chi connectivity index (χ0v) is 16.9. The van der Waals surface area contributed by atoms with Crippen molar-refractivity contribution in [2.75, 3.05) is 18.5 Å². The third-order valence-corrected chi connectivity index (χ3v) is 4.07. The van der Waals surface area contributed by atoms with Gasteiger partial charge in [-0.3, -0.25) is 4.79 Å². The molecule has 0 aliphatic rings. The van der Waals surface area contributed by atoms with Crippen LogP contribution in [0.15, 0.2) is 66.7 Å². The molecule has 150 valence electrons. The summed E-state index contributed by atoms with van der Waals surface area (Å²) >= 11 is 0. The standard InChI is InChI=1S/C24H25NO4/c1-4-27-20-7-5-19(6-8-20)25-24(26)16-28-21-9-11-22(12-10-21)29-23-14-17(2)13-18(3)15-23/h5-15H,4,16H2,1-3H3,(H,25,26). The number of carbonyl (C=O) groups is 1. The summed E-state index contributed by atoms with van der Waals surface area (Å²) in [6.07, 6.45) is 0. The van der Waals surface area contributed by atoms with Crippen molar-refractivity contribution in [2.45, 2.75) is 20.8 Å². The minimum atomic E-state index is -0.232. The van der Waals surface area contributed by atoms with Gasteiger partial charge in [-0.15, -0.1) is 0 Å². The molecule has 0 aliphatic carbocycles. The number of hydrogen-bond donors (Lipinski definition) is 1. The summed E-state index contributed by atoms with van der Waals surface area (Å²) in [6.45, 7) is 6.53. The summed E-state index contributed by atoms with van der Waals surface area (Å²) in [7, 11) is 0. The molecule has 0 spiro atoms. The van der Waals surface area contributed by atoms with E-state index in [1.165, 1.54) is 0 Å². The Bertz CT molecular complexity index is 929. The molecule has 1 amide bonds. The summed E-state index contributed by atoms with van der Waals surface area (Å²) in [5.74, 6) is 2.64. The Balaban J connectivity index is 1.49. The maximum atomic E-state index is 12.1. The fourth-order valence-corrected chi connectivity index (χ4v) is 2.88. The molecule has 0 bridgehead atoms. The topological polar surface area (TPSA) is 56.8 Å². The Morgan fingerprint density at radius 1 is 0.759 bits per heavy atom. The lowest BCUT2D eigenvalue weighted by Gasteiger charge is -2.10. The SMILES string of the molecule is CCOc1ccc(NC(=O)COc2ccc(Oc3cc(C)cc(C)c3)cc2)cc1. The van der Waals surface area contributed by atoms with E-state index in [1.807, 2.05) is 57.2 Å². The van der Waals surface area contributed by atoms with Crippen LogP contribution in [-0.2, 0) is 4.79 Å². The van der Waals surface area contributed by atoms with Gasteiger partial charge in [0.1, 0.15) is 23.0 Å². The van der Waals surface area contributed by atoms with Crippen molar-refractivity contribution in [3.8, 4) is 23.0 Å². The van der Waals surface area contributed by atoms with Gasteiger partial charge in [0.2, 0.25) is 0 Å². The lowest BCUT2D eigenvalue weighted by Crippen LogP contribution is -2.20. The Morgan fingerprint density at radius 2 is 1.31 bits per heavy atom. The van der Waals surface area contributed by atoms with Gasteiger partial charge in [-0.1, -0.05) is 6.07 Å². The molecule has 0 aromatic heterocycles. The summed E-state index contributed by atoms with van der Waals surface area (Å²) < 4.78 is 16.8. The average Bonchev–Trinajstić information content (AvgIpc) is 2.68. The largest absolute Gasteiger partial charge is 0.494 e. The first-order valence-corrected chi connectivity index (χ1v) is 9.53. The second-order valence-electron chi connectivity index (χ2n) is 6.69. The molecule has 0 saturated heterocycles. The van der Waals surface area contributed by atoms with Gasteiger partial charge in [0.15, 0.2) is 6.61 Å². The first kappa shape index (κ1) is 20.3. The quantitative estimate of drug-likeness (QED) is 0.550. The Hall–Kier alpha value is -3.47. The molecule has 0 fully saturated rings. The lowest BCUT2D eigenvalue weighted by molar-refractivity contribution is -0.118. The van der Waals surface area contributed by atoms with Crippen LogP contribution in [0.3, 0.4) is 0 Å². The third-order valence-electron chi connectivity index (χ3n) is 4.07. The molecule has 0 saturated carbocycles. The van der Waals surface area contributed by atoms with Crippen LogP contribution in [0.2, 0.25) is 0 Å². The number of anilines is 1. The maximum absolute atomic E-state index is 12.1. The summed E-state index contributed by atoms with van der Waals surface area (Å²) in [5, 5.41) is 2.79. The number of hydrogen-bond acceptors (Lipinski definition) is 4. The van der Waals surface area contributed by atoms with Gasteiger partial charge in [-0.25, -0.2) is 0 Å². The molecule has 29 heavy (non-hydrogen) atoms. The Morgan fingerprint density at radius 3 is 1.93 bits per heavy atom. The van der Waals surface area contributed by atoms with Crippen LogP contribution in [0.4, 0.5) is 5.69 Å². The van der Waals surface area contributed by atoms with Gasteiger partial charge in [-0.2, -0.15) is 0 Å². The van der Waals surface area contributed by atoms with Crippen LogP contribution in [0.1, 0.15) is 18.1 Å². The molecular weight excluding hydrogens is 366 g/mol. The fraction of sp³-hybridized carbons (Fsp3) is 0.208. The van der Waals surface area contributed by atoms with Gasteiger partial charge < -0.3 is 19.5 Å². The van der Waals surface area contributed by atoms with E-state index in [0.29, 0.717) is 23.8 Å². The molecule has 0 heterocycles. The lowest BCUT2D eigenvalue weighted by atomic mass is 10.1. The molecule has 0 atom stereocenters. The van der Waals surface area contributed by atoms with Crippen molar-refractivity contribution in [1.82, 2.24) is 0 Å². The smallest absolute Gasteiger partial charge is 0.262 e. The summed E-state index contributed by atoms with van der Waals surface area (Å²) in [4.78, 5) is 12.1. The highest BCUT2D eigenvalue weighted by Gasteiger charge is 2.05. The highest BCUT2D eigenvalue weighted by molar-refractivity contribution is 5.91. The van der Waals surface area contributed by atoms with E-state index in [4.69, 9.17) is 14.2 Å². The maximum Gasteiger partial charge on any atom is 0.262 e. The Kier molecular flexibility index (Phi) is 6.74. The number of benzene rings is 3. The van der Waals surface area contributed by atoms with Crippen LogP contribution in [0.5, 0.6) is 23.0 Å². The first-order chi connectivity index (χ1) is 14.0. The number of aryl methyl sites for hydroxylation is 2. The van der Waals surface area contributed by atoms with Crippen LogP contribution >= 0.6 is 0 Å². The van der Waals surface area contributed by atoms with Crippen LogP contribution < -0.4 is 19.5 Å². The second-order valence-corrected chi connectivity index (χ2v) is 6.69. The second kappa shape index (κ2) is 9.64. The summed E-state index contributed by atoms with van der Waals surface area (Å²) in [5.41, 5.74) is 3.00. The predicted octanol–water partition coefficient (Wildman–Crippen LogP) is 5.51. The highest BCUT2D eigenvalue weighted by atomic mass is 16.5. The molecule has 3 aromatic carbocycles. The monoisotopic (exact) mass is 391 g/mol. The van der Waals surface area contributed by atoms with E-state index < -0.39 is 0 Å². The zero-order valence-electron chi connectivity index (χ0n) is 16.9.